The van der Waals surface area contributed by atoms with E-state index in [0.717, 1.165) is 18.7 Å². The lowest BCUT2D eigenvalue weighted by Gasteiger charge is -2.26. The molecular formula is C18H21N3O2. The minimum Gasteiger partial charge on any atom is -0.476 e. The molecule has 120 valence electrons. The van der Waals surface area contributed by atoms with Crippen molar-refractivity contribution in [3.63, 3.8) is 0 Å². The van der Waals surface area contributed by atoms with Gasteiger partial charge in [0.15, 0.2) is 5.69 Å². The van der Waals surface area contributed by atoms with Gasteiger partial charge in [-0.3, -0.25) is 9.88 Å². The maximum atomic E-state index is 10.9. The zero-order valence-corrected chi connectivity index (χ0v) is 13.5. The summed E-state index contributed by atoms with van der Waals surface area (Å²) < 4.78 is 0. The van der Waals surface area contributed by atoms with Gasteiger partial charge in [-0.25, -0.2) is 9.78 Å². The lowest BCUT2D eigenvalue weighted by Crippen LogP contribution is -2.24. The molecule has 23 heavy (non-hydrogen) atoms. The Morgan fingerprint density at radius 3 is 2.83 bits per heavy atom. The highest BCUT2D eigenvalue weighted by Crippen LogP contribution is 2.34. The van der Waals surface area contributed by atoms with Crippen molar-refractivity contribution >= 4 is 5.97 Å². The summed E-state index contributed by atoms with van der Waals surface area (Å²) in [5, 5.41) is 8.89. The average molecular weight is 311 g/mol. The molecule has 5 heteroatoms. The van der Waals surface area contributed by atoms with Crippen LogP contribution >= 0.6 is 0 Å². The van der Waals surface area contributed by atoms with Gasteiger partial charge in [0.05, 0.1) is 18.1 Å². The number of hydrogen-bond donors (Lipinski definition) is 1. The van der Waals surface area contributed by atoms with Gasteiger partial charge in [0.2, 0.25) is 0 Å². The highest BCUT2D eigenvalue weighted by atomic mass is 16.4. The highest BCUT2D eigenvalue weighted by molar-refractivity contribution is 5.84. The quantitative estimate of drug-likeness (QED) is 0.939. The molecule has 1 aliphatic rings. The summed E-state index contributed by atoms with van der Waals surface area (Å²) in [4.78, 5) is 21.5. The lowest BCUT2D eigenvalue weighted by molar-refractivity contribution is 0.0690. The maximum absolute atomic E-state index is 10.9. The van der Waals surface area contributed by atoms with Crippen molar-refractivity contribution in [3.8, 4) is 0 Å². The summed E-state index contributed by atoms with van der Waals surface area (Å²) in [6.45, 7) is 6.01. The Hall–Kier alpha value is -2.27. The number of nitrogens with zero attached hydrogens (tertiary/aromatic N) is 3. The van der Waals surface area contributed by atoms with Crippen molar-refractivity contribution in [1.82, 2.24) is 14.9 Å². The van der Waals surface area contributed by atoms with Crippen LogP contribution in [-0.2, 0) is 6.54 Å². The van der Waals surface area contributed by atoms with Crippen LogP contribution in [0.2, 0.25) is 0 Å². The Balaban J connectivity index is 1.79. The number of rotatable bonds is 4. The second-order valence-electron chi connectivity index (χ2n) is 6.19. The first-order valence-electron chi connectivity index (χ1n) is 7.90. The molecule has 1 N–H and O–H groups in total. The van der Waals surface area contributed by atoms with Crippen molar-refractivity contribution in [2.45, 2.75) is 39.3 Å². The van der Waals surface area contributed by atoms with Crippen molar-refractivity contribution in [3.05, 3.63) is 58.7 Å². The van der Waals surface area contributed by atoms with Crippen molar-refractivity contribution in [2.24, 2.45) is 0 Å². The van der Waals surface area contributed by atoms with Crippen molar-refractivity contribution < 1.29 is 9.90 Å². The lowest BCUT2D eigenvalue weighted by atomic mass is 9.97. The molecule has 1 unspecified atom stereocenters. The molecule has 1 aromatic carbocycles. The number of aryl methyl sites for hydroxylation is 2. The van der Waals surface area contributed by atoms with Crippen LogP contribution in [0.5, 0.6) is 0 Å². The molecule has 5 nitrogen and oxygen atoms in total. The number of aromatic carboxylic acids is 1. The second kappa shape index (κ2) is 6.46. The smallest absolute Gasteiger partial charge is 0.356 e. The zero-order chi connectivity index (χ0) is 16.4. The van der Waals surface area contributed by atoms with Crippen LogP contribution in [0.25, 0.3) is 0 Å². The Bertz CT molecular complexity index is 713. The molecular weight excluding hydrogens is 290 g/mol. The third-order valence-corrected chi connectivity index (χ3v) is 4.45. The van der Waals surface area contributed by atoms with E-state index in [2.05, 4.69) is 46.9 Å². The number of carboxylic acid groups (broad SMARTS) is 1. The van der Waals surface area contributed by atoms with Gasteiger partial charge < -0.3 is 5.11 Å². The first kappa shape index (κ1) is 15.6. The number of carbonyl (C=O) groups is 1. The fraction of sp³-hybridized carbons (Fsp3) is 0.389. The van der Waals surface area contributed by atoms with E-state index in [1.165, 1.54) is 29.3 Å². The standard InChI is InChI=1S/C18H21N3O2/c1-12-5-6-13(2)15(8-12)17-4-3-7-21(17)11-14-9-20-16(10-19-14)18(22)23/h5-6,8-10,17H,3-4,7,11H2,1-2H3,(H,22,23). The number of aromatic nitrogens is 2. The molecule has 1 fully saturated rings. The molecule has 0 amide bonds. The van der Waals surface area contributed by atoms with Gasteiger partial charge in [-0.05, 0) is 44.4 Å². The highest BCUT2D eigenvalue weighted by Gasteiger charge is 2.27. The second-order valence-corrected chi connectivity index (χ2v) is 6.19. The fourth-order valence-electron chi connectivity index (χ4n) is 3.24. The van der Waals surface area contributed by atoms with Gasteiger partial charge in [0.25, 0.3) is 0 Å². The van der Waals surface area contributed by atoms with Crippen LogP contribution in [0.4, 0.5) is 0 Å². The number of likely N-dealkylation sites (tertiary alicyclic amines) is 1. The number of hydrogen-bond acceptors (Lipinski definition) is 4. The summed E-state index contributed by atoms with van der Waals surface area (Å²) >= 11 is 0. The van der Waals surface area contributed by atoms with E-state index in [9.17, 15) is 4.79 Å². The van der Waals surface area contributed by atoms with E-state index in [-0.39, 0.29) is 5.69 Å². The van der Waals surface area contributed by atoms with Gasteiger partial charge in [0.1, 0.15) is 0 Å². The molecule has 2 aromatic rings. The molecule has 3 rings (SSSR count). The maximum Gasteiger partial charge on any atom is 0.356 e. The molecule has 1 atom stereocenters. The van der Waals surface area contributed by atoms with Gasteiger partial charge in [0, 0.05) is 12.6 Å². The molecule has 0 spiro atoms. The van der Waals surface area contributed by atoms with Crippen LogP contribution in [0.1, 0.15) is 51.8 Å². The summed E-state index contributed by atoms with van der Waals surface area (Å²) in [7, 11) is 0. The summed E-state index contributed by atoms with van der Waals surface area (Å²) in [6, 6.07) is 7.00. The summed E-state index contributed by atoms with van der Waals surface area (Å²) in [5.74, 6) is -1.04. The Labute approximate surface area is 136 Å². The van der Waals surface area contributed by atoms with E-state index >= 15 is 0 Å². The minimum atomic E-state index is -1.04. The molecule has 0 radical (unpaired) electrons. The third kappa shape index (κ3) is 3.40. The average Bonchev–Trinajstić information content (AvgIpc) is 2.98. The first-order valence-corrected chi connectivity index (χ1v) is 7.90. The molecule has 1 aliphatic heterocycles. The van der Waals surface area contributed by atoms with Crippen LogP contribution in [0, 0.1) is 13.8 Å². The summed E-state index contributed by atoms with van der Waals surface area (Å²) in [6.07, 6.45) is 5.21. The predicted molar refractivity (Wildman–Crippen MR) is 87.3 cm³/mol. The van der Waals surface area contributed by atoms with E-state index in [1.807, 2.05) is 0 Å². The topological polar surface area (TPSA) is 66.3 Å². The Morgan fingerprint density at radius 1 is 1.30 bits per heavy atom. The fourth-order valence-corrected chi connectivity index (χ4v) is 3.24. The van der Waals surface area contributed by atoms with E-state index in [4.69, 9.17) is 5.11 Å². The van der Waals surface area contributed by atoms with Gasteiger partial charge in [-0.2, -0.15) is 0 Å². The molecule has 0 bridgehead atoms. The molecule has 0 aliphatic carbocycles. The van der Waals surface area contributed by atoms with Crippen LogP contribution in [0.3, 0.4) is 0 Å². The van der Waals surface area contributed by atoms with Crippen molar-refractivity contribution in [2.75, 3.05) is 6.54 Å². The van der Waals surface area contributed by atoms with E-state index in [0.29, 0.717) is 12.6 Å². The molecule has 2 heterocycles. The SMILES string of the molecule is Cc1ccc(C)c(C2CCCN2Cc2cnc(C(=O)O)cn2)c1. The predicted octanol–water partition coefficient (Wildman–Crippen LogP) is 3.13. The van der Waals surface area contributed by atoms with E-state index in [1.54, 1.807) is 6.20 Å². The normalized spacial score (nSPS) is 18.3. The largest absolute Gasteiger partial charge is 0.476 e. The molecule has 1 saturated heterocycles. The Kier molecular flexibility index (Phi) is 4.39. The first-order chi connectivity index (χ1) is 11.0. The van der Waals surface area contributed by atoms with Crippen molar-refractivity contribution in [1.29, 1.82) is 0 Å². The van der Waals surface area contributed by atoms with Crippen LogP contribution in [0.15, 0.2) is 30.6 Å². The minimum absolute atomic E-state index is 0.0127. The van der Waals surface area contributed by atoms with Crippen LogP contribution < -0.4 is 0 Å². The zero-order valence-electron chi connectivity index (χ0n) is 13.5. The van der Waals surface area contributed by atoms with Gasteiger partial charge >= 0.3 is 5.97 Å². The Morgan fingerprint density at radius 2 is 2.13 bits per heavy atom. The number of benzene rings is 1. The monoisotopic (exact) mass is 311 g/mol. The summed E-state index contributed by atoms with van der Waals surface area (Å²) in [5.41, 5.74) is 4.79. The van der Waals surface area contributed by atoms with Gasteiger partial charge in [-0.1, -0.05) is 23.8 Å². The molecule has 1 aromatic heterocycles. The van der Waals surface area contributed by atoms with Gasteiger partial charge in [-0.15, -0.1) is 0 Å². The van der Waals surface area contributed by atoms with E-state index < -0.39 is 5.97 Å². The molecule has 0 saturated carbocycles. The number of carboxylic acids is 1. The third-order valence-electron chi connectivity index (χ3n) is 4.45. The van der Waals surface area contributed by atoms with Crippen LogP contribution in [-0.4, -0.2) is 32.5 Å².